The zero-order chi connectivity index (χ0) is 13.8. The van der Waals surface area contributed by atoms with Gasteiger partial charge in [-0.2, -0.15) is 0 Å². The van der Waals surface area contributed by atoms with E-state index in [9.17, 15) is 0 Å². The van der Waals surface area contributed by atoms with Crippen LogP contribution in [0, 0.1) is 5.92 Å². The Morgan fingerprint density at radius 1 is 1.16 bits per heavy atom. The Morgan fingerprint density at radius 2 is 1.74 bits per heavy atom. The molecule has 1 fully saturated rings. The summed E-state index contributed by atoms with van der Waals surface area (Å²) in [5.74, 6) is 2.79. The molecule has 1 aromatic rings. The van der Waals surface area contributed by atoms with Gasteiger partial charge >= 0.3 is 0 Å². The van der Waals surface area contributed by atoms with Crippen LogP contribution in [0.15, 0.2) is 18.2 Å². The molecule has 2 unspecified atom stereocenters. The molecule has 0 heterocycles. The summed E-state index contributed by atoms with van der Waals surface area (Å²) in [6.07, 6.45) is 2.66. The van der Waals surface area contributed by atoms with Crippen molar-refractivity contribution < 1.29 is 9.47 Å². The monoisotopic (exact) mass is 263 g/mol. The topological polar surface area (TPSA) is 30.5 Å². The molecule has 0 aliphatic heterocycles. The lowest BCUT2D eigenvalue weighted by atomic mass is 9.87. The van der Waals surface area contributed by atoms with Crippen LogP contribution in [-0.2, 0) is 0 Å². The molecule has 1 aliphatic carbocycles. The van der Waals surface area contributed by atoms with Gasteiger partial charge in [0, 0.05) is 11.6 Å². The Hall–Kier alpha value is -1.22. The third-order valence-electron chi connectivity index (χ3n) is 4.08. The predicted molar refractivity (Wildman–Crippen MR) is 78.1 cm³/mol. The second kappa shape index (κ2) is 6.29. The molecule has 0 saturated heterocycles. The average molecular weight is 263 g/mol. The minimum absolute atomic E-state index is 0.400. The zero-order valence-corrected chi connectivity index (χ0v) is 12.4. The van der Waals surface area contributed by atoms with Crippen molar-refractivity contribution >= 4 is 0 Å². The molecule has 0 aromatic heterocycles. The number of rotatable bonds is 7. The van der Waals surface area contributed by atoms with Gasteiger partial charge in [0.1, 0.15) is 11.5 Å². The fourth-order valence-electron chi connectivity index (χ4n) is 2.43. The summed E-state index contributed by atoms with van der Waals surface area (Å²) in [7, 11) is 3.44. The third-order valence-corrected chi connectivity index (χ3v) is 4.08. The van der Waals surface area contributed by atoms with Crippen molar-refractivity contribution in [3.05, 3.63) is 23.8 Å². The second-order valence-electron chi connectivity index (χ2n) is 5.52. The molecule has 3 nitrogen and oxygen atoms in total. The van der Waals surface area contributed by atoms with Gasteiger partial charge in [-0.3, -0.25) is 0 Å². The third kappa shape index (κ3) is 3.41. The Kier molecular flexibility index (Phi) is 4.70. The summed E-state index contributed by atoms with van der Waals surface area (Å²) >= 11 is 0. The van der Waals surface area contributed by atoms with Crippen LogP contribution in [0.4, 0.5) is 0 Å². The number of hydrogen-bond donors (Lipinski definition) is 1. The molecular weight excluding hydrogens is 238 g/mol. The van der Waals surface area contributed by atoms with Crippen molar-refractivity contribution in [2.45, 2.75) is 38.6 Å². The number of ether oxygens (including phenoxy) is 2. The molecule has 1 N–H and O–H groups in total. The van der Waals surface area contributed by atoms with Gasteiger partial charge in [0.05, 0.1) is 14.2 Å². The van der Waals surface area contributed by atoms with Crippen LogP contribution in [-0.4, -0.2) is 26.8 Å². The van der Waals surface area contributed by atoms with E-state index in [1.807, 2.05) is 18.2 Å². The summed E-state index contributed by atoms with van der Waals surface area (Å²) < 4.78 is 11.0. The van der Waals surface area contributed by atoms with Crippen LogP contribution in [0.1, 0.15) is 38.2 Å². The van der Waals surface area contributed by atoms with E-state index in [0.29, 0.717) is 11.8 Å². The quantitative estimate of drug-likeness (QED) is 0.819. The maximum absolute atomic E-state index is 5.50. The standard InChI is InChI=1S/C16H25NO2/c1-11(10-17-13-8-9-13)12(2)16-14(18-3)6-5-7-15(16)19-4/h5-7,11-13,17H,8-10H2,1-4H3. The lowest BCUT2D eigenvalue weighted by Crippen LogP contribution is -2.26. The highest BCUT2D eigenvalue weighted by Gasteiger charge is 2.25. The smallest absolute Gasteiger partial charge is 0.126 e. The van der Waals surface area contributed by atoms with Gasteiger partial charge in [-0.1, -0.05) is 19.9 Å². The highest BCUT2D eigenvalue weighted by atomic mass is 16.5. The van der Waals surface area contributed by atoms with Crippen LogP contribution in [0.2, 0.25) is 0 Å². The maximum atomic E-state index is 5.50. The lowest BCUT2D eigenvalue weighted by molar-refractivity contribution is 0.361. The van der Waals surface area contributed by atoms with Gasteiger partial charge in [0.15, 0.2) is 0 Å². The minimum Gasteiger partial charge on any atom is -0.496 e. The highest BCUT2D eigenvalue weighted by molar-refractivity contribution is 5.47. The molecule has 0 spiro atoms. The Labute approximate surface area is 116 Å². The van der Waals surface area contributed by atoms with Crippen molar-refractivity contribution in [2.75, 3.05) is 20.8 Å². The van der Waals surface area contributed by atoms with Crippen LogP contribution >= 0.6 is 0 Å². The van der Waals surface area contributed by atoms with Gasteiger partial charge in [0.2, 0.25) is 0 Å². The van der Waals surface area contributed by atoms with Gasteiger partial charge < -0.3 is 14.8 Å². The zero-order valence-electron chi connectivity index (χ0n) is 12.4. The molecule has 1 saturated carbocycles. The fourth-order valence-corrected chi connectivity index (χ4v) is 2.43. The molecule has 2 atom stereocenters. The van der Waals surface area contributed by atoms with E-state index < -0.39 is 0 Å². The van der Waals surface area contributed by atoms with E-state index in [4.69, 9.17) is 9.47 Å². The van der Waals surface area contributed by atoms with E-state index >= 15 is 0 Å². The van der Waals surface area contributed by atoms with Crippen molar-refractivity contribution in [3.8, 4) is 11.5 Å². The molecule has 2 rings (SSSR count). The van der Waals surface area contributed by atoms with Crippen molar-refractivity contribution in [3.63, 3.8) is 0 Å². The van der Waals surface area contributed by atoms with Crippen molar-refractivity contribution in [1.82, 2.24) is 5.32 Å². The lowest BCUT2D eigenvalue weighted by Gasteiger charge is -2.24. The molecule has 3 heteroatoms. The first-order chi connectivity index (χ1) is 9.17. The van der Waals surface area contributed by atoms with E-state index in [1.165, 1.54) is 18.4 Å². The SMILES string of the molecule is COc1cccc(OC)c1C(C)C(C)CNC1CC1. The molecule has 0 radical (unpaired) electrons. The molecule has 1 aromatic carbocycles. The molecule has 1 aliphatic rings. The predicted octanol–water partition coefficient (Wildman–Crippen LogP) is 3.20. The molecule has 0 amide bonds. The summed E-state index contributed by atoms with van der Waals surface area (Å²) in [6, 6.07) is 6.75. The first-order valence-corrected chi connectivity index (χ1v) is 7.11. The van der Waals surface area contributed by atoms with E-state index in [-0.39, 0.29) is 0 Å². The highest BCUT2D eigenvalue weighted by Crippen LogP contribution is 2.38. The van der Waals surface area contributed by atoms with Gasteiger partial charge in [-0.05, 0) is 43.4 Å². The van der Waals surface area contributed by atoms with Gasteiger partial charge in [-0.25, -0.2) is 0 Å². The first kappa shape index (κ1) is 14.2. The van der Waals surface area contributed by atoms with Crippen LogP contribution < -0.4 is 14.8 Å². The molecule has 0 bridgehead atoms. The van der Waals surface area contributed by atoms with Crippen molar-refractivity contribution in [2.24, 2.45) is 5.92 Å². The summed E-state index contributed by atoms with van der Waals surface area (Å²) in [5, 5.41) is 3.60. The normalized spacial score (nSPS) is 17.9. The molecule has 19 heavy (non-hydrogen) atoms. The molecular formula is C16H25NO2. The van der Waals surface area contributed by atoms with Crippen LogP contribution in [0.5, 0.6) is 11.5 Å². The number of methoxy groups -OCH3 is 2. The summed E-state index contributed by atoms with van der Waals surface area (Å²) in [6.45, 7) is 5.58. The number of nitrogens with one attached hydrogen (secondary N) is 1. The summed E-state index contributed by atoms with van der Waals surface area (Å²) in [5.41, 5.74) is 1.18. The average Bonchev–Trinajstić information content (AvgIpc) is 3.27. The maximum Gasteiger partial charge on any atom is 0.126 e. The first-order valence-electron chi connectivity index (χ1n) is 7.11. The Balaban J connectivity index is 2.12. The largest absolute Gasteiger partial charge is 0.496 e. The summed E-state index contributed by atoms with van der Waals surface area (Å²) in [4.78, 5) is 0. The Bertz CT molecular complexity index is 393. The van der Waals surface area contributed by atoms with Crippen LogP contribution in [0.25, 0.3) is 0 Å². The van der Waals surface area contributed by atoms with E-state index in [1.54, 1.807) is 14.2 Å². The van der Waals surface area contributed by atoms with Gasteiger partial charge in [-0.15, -0.1) is 0 Å². The number of benzene rings is 1. The van der Waals surface area contributed by atoms with E-state index in [0.717, 1.165) is 24.1 Å². The second-order valence-corrected chi connectivity index (χ2v) is 5.52. The molecule has 106 valence electrons. The van der Waals surface area contributed by atoms with Gasteiger partial charge in [0.25, 0.3) is 0 Å². The minimum atomic E-state index is 0.400. The number of hydrogen-bond acceptors (Lipinski definition) is 3. The van der Waals surface area contributed by atoms with Crippen LogP contribution in [0.3, 0.4) is 0 Å². The fraction of sp³-hybridized carbons (Fsp3) is 0.625. The van der Waals surface area contributed by atoms with E-state index in [2.05, 4.69) is 19.2 Å². The Morgan fingerprint density at radius 3 is 2.21 bits per heavy atom. The van der Waals surface area contributed by atoms with Crippen molar-refractivity contribution in [1.29, 1.82) is 0 Å².